The maximum atomic E-state index is 12.9. The van der Waals surface area contributed by atoms with Gasteiger partial charge in [-0.15, -0.1) is 0 Å². The van der Waals surface area contributed by atoms with Crippen LogP contribution in [0.2, 0.25) is 0 Å². The summed E-state index contributed by atoms with van der Waals surface area (Å²) >= 11 is 0. The zero-order valence-electron chi connectivity index (χ0n) is 10.6. The van der Waals surface area contributed by atoms with E-state index in [2.05, 4.69) is 0 Å². The van der Waals surface area contributed by atoms with E-state index in [1.807, 2.05) is 6.92 Å². The molecule has 1 rings (SSSR count). The van der Waals surface area contributed by atoms with Crippen LogP contribution < -0.4 is 9.88 Å². The lowest BCUT2D eigenvalue weighted by Crippen LogP contribution is -2.18. The van der Waals surface area contributed by atoms with Crippen LogP contribution in [0.15, 0.2) is 18.2 Å². The largest absolute Gasteiger partial charge is 0.493 e. The van der Waals surface area contributed by atoms with Gasteiger partial charge in [0.2, 0.25) is 10.0 Å². The highest BCUT2D eigenvalue weighted by molar-refractivity contribution is 7.89. The van der Waals surface area contributed by atoms with Gasteiger partial charge in [0.25, 0.3) is 0 Å². The van der Waals surface area contributed by atoms with E-state index in [0.29, 0.717) is 19.4 Å². The maximum Gasteiger partial charge on any atom is 0.209 e. The Morgan fingerprint density at radius 2 is 1.95 bits per heavy atom. The molecule has 1 unspecified atom stereocenters. The van der Waals surface area contributed by atoms with Gasteiger partial charge in [-0.1, -0.05) is 6.92 Å². The van der Waals surface area contributed by atoms with E-state index in [0.717, 1.165) is 12.1 Å². The van der Waals surface area contributed by atoms with Gasteiger partial charge in [0.05, 0.1) is 12.4 Å². The standard InChI is InChI=1S/C12H17F2NO3S/c1-9(5-7-19(15,16)17)4-6-18-10-2-3-11(13)12(14)8-10/h2-3,8-9H,4-7H2,1H3,(H2,15,16,17). The Kier molecular flexibility index (Phi) is 5.68. The zero-order chi connectivity index (χ0) is 14.5. The predicted octanol–water partition coefficient (Wildman–Crippen LogP) is 2.05. The Morgan fingerprint density at radius 1 is 1.26 bits per heavy atom. The molecule has 1 aromatic rings. The highest BCUT2D eigenvalue weighted by atomic mass is 32.2. The van der Waals surface area contributed by atoms with E-state index in [4.69, 9.17) is 9.88 Å². The van der Waals surface area contributed by atoms with Crippen LogP contribution in [0.4, 0.5) is 8.78 Å². The molecule has 0 fully saturated rings. The van der Waals surface area contributed by atoms with Crippen LogP contribution in [-0.2, 0) is 10.0 Å². The quantitative estimate of drug-likeness (QED) is 0.836. The van der Waals surface area contributed by atoms with Crippen molar-refractivity contribution in [3.8, 4) is 5.75 Å². The van der Waals surface area contributed by atoms with E-state index in [1.54, 1.807) is 0 Å². The van der Waals surface area contributed by atoms with Crippen LogP contribution in [0.25, 0.3) is 0 Å². The fourth-order valence-electron chi connectivity index (χ4n) is 1.45. The molecule has 19 heavy (non-hydrogen) atoms. The Bertz CT molecular complexity index is 520. The van der Waals surface area contributed by atoms with E-state index in [-0.39, 0.29) is 17.4 Å². The molecule has 2 N–H and O–H groups in total. The minimum Gasteiger partial charge on any atom is -0.493 e. The molecule has 0 spiro atoms. The number of rotatable bonds is 7. The van der Waals surface area contributed by atoms with Crippen molar-refractivity contribution in [1.82, 2.24) is 0 Å². The van der Waals surface area contributed by atoms with Gasteiger partial charge in [-0.25, -0.2) is 22.3 Å². The highest BCUT2D eigenvalue weighted by Gasteiger charge is 2.09. The summed E-state index contributed by atoms with van der Waals surface area (Å²) in [6.07, 6.45) is 1.05. The maximum absolute atomic E-state index is 12.9. The molecule has 0 radical (unpaired) electrons. The monoisotopic (exact) mass is 293 g/mol. The first kappa shape index (κ1) is 15.8. The average molecular weight is 293 g/mol. The summed E-state index contributed by atoms with van der Waals surface area (Å²) in [5, 5.41) is 4.90. The lowest BCUT2D eigenvalue weighted by Gasteiger charge is -2.11. The second kappa shape index (κ2) is 6.81. The number of hydrogen-bond acceptors (Lipinski definition) is 3. The van der Waals surface area contributed by atoms with Crippen LogP contribution in [0.1, 0.15) is 19.8 Å². The van der Waals surface area contributed by atoms with Crippen molar-refractivity contribution in [2.45, 2.75) is 19.8 Å². The summed E-state index contributed by atoms with van der Waals surface area (Å²) in [5.41, 5.74) is 0. The minimum absolute atomic E-state index is 0.0701. The van der Waals surface area contributed by atoms with Crippen molar-refractivity contribution in [3.05, 3.63) is 29.8 Å². The molecule has 1 atom stereocenters. The molecule has 0 aliphatic rings. The molecule has 0 aliphatic heterocycles. The Balaban J connectivity index is 2.31. The van der Waals surface area contributed by atoms with Gasteiger partial charge in [0, 0.05) is 6.07 Å². The van der Waals surface area contributed by atoms with E-state index in [1.165, 1.54) is 6.07 Å². The number of primary sulfonamides is 1. The summed E-state index contributed by atoms with van der Waals surface area (Å²) in [5.74, 6) is -1.59. The molecule has 0 aromatic heterocycles. The number of sulfonamides is 1. The topological polar surface area (TPSA) is 69.4 Å². The molecule has 4 nitrogen and oxygen atoms in total. The van der Waals surface area contributed by atoms with Crippen molar-refractivity contribution < 1.29 is 21.9 Å². The van der Waals surface area contributed by atoms with Crippen LogP contribution in [0, 0.1) is 17.6 Å². The summed E-state index contributed by atoms with van der Waals surface area (Å²) < 4.78 is 52.3. The van der Waals surface area contributed by atoms with Crippen molar-refractivity contribution >= 4 is 10.0 Å². The van der Waals surface area contributed by atoms with Gasteiger partial charge in [-0.3, -0.25) is 0 Å². The molecule has 108 valence electrons. The third-order valence-electron chi connectivity index (χ3n) is 2.67. The first-order valence-electron chi connectivity index (χ1n) is 5.86. The molecule has 0 amide bonds. The molecule has 1 aromatic carbocycles. The molecule has 0 saturated carbocycles. The van der Waals surface area contributed by atoms with Gasteiger partial charge in [0.15, 0.2) is 11.6 Å². The first-order chi connectivity index (χ1) is 8.78. The third kappa shape index (κ3) is 6.49. The Morgan fingerprint density at radius 3 is 2.53 bits per heavy atom. The van der Waals surface area contributed by atoms with Crippen LogP contribution in [-0.4, -0.2) is 20.8 Å². The lowest BCUT2D eigenvalue weighted by atomic mass is 10.1. The molecule has 0 saturated heterocycles. The normalized spacial score (nSPS) is 13.3. The second-order valence-electron chi connectivity index (χ2n) is 4.47. The number of nitrogens with two attached hydrogens (primary N) is 1. The van der Waals surface area contributed by atoms with Gasteiger partial charge < -0.3 is 4.74 Å². The van der Waals surface area contributed by atoms with Crippen molar-refractivity contribution in [2.24, 2.45) is 11.1 Å². The van der Waals surface area contributed by atoms with Crippen molar-refractivity contribution in [1.29, 1.82) is 0 Å². The van der Waals surface area contributed by atoms with Gasteiger partial charge in [0.1, 0.15) is 5.75 Å². The fraction of sp³-hybridized carbons (Fsp3) is 0.500. The number of benzene rings is 1. The first-order valence-corrected chi connectivity index (χ1v) is 7.58. The number of hydrogen-bond donors (Lipinski definition) is 1. The molecule has 0 aliphatic carbocycles. The Labute approximate surface area is 111 Å². The summed E-state index contributed by atoms with van der Waals surface area (Å²) in [4.78, 5) is 0. The van der Waals surface area contributed by atoms with Crippen molar-refractivity contribution in [2.75, 3.05) is 12.4 Å². The molecular formula is C12H17F2NO3S. The zero-order valence-corrected chi connectivity index (χ0v) is 11.4. The smallest absolute Gasteiger partial charge is 0.209 e. The second-order valence-corrected chi connectivity index (χ2v) is 6.21. The molecule has 7 heteroatoms. The summed E-state index contributed by atoms with van der Waals surface area (Å²) in [6, 6.07) is 3.31. The summed E-state index contributed by atoms with van der Waals surface area (Å²) in [6.45, 7) is 2.18. The molecule has 0 heterocycles. The van der Waals surface area contributed by atoms with Crippen LogP contribution in [0.3, 0.4) is 0 Å². The van der Waals surface area contributed by atoms with E-state index >= 15 is 0 Å². The van der Waals surface area contributed by atoms with Crippen LogP contribution in [0.5, 0.6) is 5.75 Å². The van der Waals surface area contributed by atoms with Crippen molar-refractivity contribution in [3.63, 3.8) is 0 Å². The van der Waals surface area contributed by atoms with Gasteiger partial charge in [-0.05, 0) is 30.9 Å². The number of halogens is 2. The third-order valence-corrected chi connectivity index (χ3v) is 3.47. The SMILES string of the molecule is CC(CCOc1ccc(F)c(F)c1)CCS(N)(=O)=O. The van der Waals surface area contributed by atoms with Crippen LogP contribution >= 0.6 is 0 Å². The Hall–Kier alpha value is -1.21. The summed E-state index contributed by atoms with van der Waals surface area (Å²) in [7, 11) is -3.44. The minimum atomic E-state index is -3.44. The molecule has 0 bridgehead atoms. The number of ether oxygens (including phenoxy) is 1. The predicted molar refractivity (Wildman–Crippen MR) is 68.2 cm³/mol. The molecular weight excluding hydrogens is 276 g/mol. The van der Waals surface area contributed by atoms with Gasteiger partial charge in [-0.2, -0.15) is 0 Å². The fourth-order valence-corrected chi connectivity index (χ4v) is 2.19. The lowest BCUT2D eigenvalue weighted by molar-refractivity contribution is 0.280. The van der Waals surface area contributed by atoms with Gasteiger partial charge >= 0.3 is 0 Å². The van der Waals surface area contributed by atoms with E-state index in [9.17, 15) is 17.2 Å². The highest BCUT2D eigenvalue weighted by Crippen LogP contribution is 2.16. The average Bonchev–Trinajstić information content (AvgIpc) is 2.30. The van der Waals surface area contributed by atoms with E-state index < -0.39 is 21.7 Å².